The van der Waals surface area contributed by atoms with Crippen molar-refractivity contribution in [3.8, 4) is 0 Å². The quantitative estimate of drug-likeness (QED) is 0.611. The van der Waals surface area contributed by atoms with Gasteiger partial charge in [-0.25, -0.2) is 4.79 Å². The highest BCUT2D eigenvalue weighted by Gasteiger charge is 2.24. The molecule has 0 aromatic heterocycles. The van der Waals surface area contributed by atoms with E-state index in [9.17, 15) is 4.79 Å². The Hall–Kier alpha value is -2.41. The molecule has 4 rings (SSSR count). The first-order valence-electron chi connectivity index (χ1n) is 13.0. The van der Waals surface area contributed by atoms with E-state index in [2.05, 4.69) is 69.7 Å². The minimum Gasteiger partial charge on any atom is -0.444 e. The van der Waals surface area contributed by atoms with Gasteiger partial charge in [0.1, 0.15) is 5.60 Å². The van der Waals surface area contributed by atoms with Gasteiger partial charge < -0.3 is 15.8 Å². The van der Waals surface area contributed by atoms with Crippen LogP contribution >= 0.6 is 0 Å². The highest BCUT2D eigenvalue weighted by Crippen LogP contribution is 2.19. The number of nitrogens with zero attached hydrogens (tertiary/aromatic N) is 2. The van der Waals surface area contributed by atoms with Crippen LogP contribution in [0.25, 0.3) is 0 Å². The van der Waals surface area contributed by atoms with E-state index in [1.54, 1.807) is 0 Å². The van der Waals surface area contributed by atoms with Crippen LogP contribution in [0, 0.1) is 11.8 Å². The molecule has 6 heteroatoms. The molecule has 0 radical (unpaired) electrons. The molecule has 2 aromatic rings. The van der Waals surface area contributed by atoms with Crippen molar-refractivity contribution >= 4 is 6.09 Å². The molecule has 35 heavy (non-hydrogen) atoms. The number of hydrogen-bond donors (Lipinski definition) is 2. The first-order valence-corrected chi connectivity index (χ1v) is 13.0. The molecule has 2 aliphatic heterocycles. The minimum absolute atomic E-state index is 0.316. The fourth-order valence-corrected chi connectivity index (χ4v) is 4.70. The number of nitrogens with two attached hydrogens (primary N) is 1. The number of carbonyl (C=O) groups is 1. The lowest BCUT2D eigenvalue weighted by atomic mass is 10.1. The number of carbonyl (C=O) groups excluding carboxylic acids is 1. The predicted molar refractivity (Wildman–Crippen MR) is 143 cm³/mol. The molecule has 2 unspecified atom stereocenters. The Bertz CT molecular complexity index is 869. The van der Waals surface area contributed by atoms with Gasteiger partial charge in [0, 0.05) is 32.7 Å². The number of alkyl carbamates (subject to hydrolysis) is 1. The second kappa shape index (κ2) is 13.6. The van der Waals surface area contributed by atoms with E-state index in [4.69, 9.17) is 10.5 Å². The molecule has 2 heterocycles. The summed E-state index contributed by atoms with van der Waals surface area (Å²) in [6.45, 7) is 13.7. The first-order chi connectivity index (χ1) is 16.8. The molecular weight excluding hydrogens is 436 g/mol. The number of nitrogens with one attached hydrogen (secondary N) is 1. The Labute approximate surface area is 211 Å². The van der Waals surface area contributed by atoms with Crippen molar-refractivity contribution in [1.29, 1.82) is 0 Å². The standard InChI is InChI=1S/C17H26N2O2.C12H18N2/c1-17(2,3)21-16(20)18-11-15-9-10-19(13-15)12-14-7-5-4-6-8-14;13-8-12-6-7-14(10-12)9-11-4-2-1-3-5-11/h4-8,15H,9-13H2,1-3H3,(H,18,20);1-5,12H,6-10,13H2. The molecule has 1 amide bonds. The van der Waals surface area contributed by atoms with Crippen molar-refractivity contribution < 1.29 is 9.53 Å². The topological polar surface area (TPSA) is 70.8 Å². The lowest BCUT2D eigenvalue weighted by molar-refractivity contribution is 0.0519. The van der Waals surface area contributed by atoms with Crippen molar-refractivity contribution in [2.75, 3.05) is 39.3 Å². The Morgan fingerprint density at radius 1 is 0.886 bits per heavy atom. The van der Waals surface area contributed by atoms with Gasteiger partial charge in [-0.1, -0.05) is 60.7 Å². The normalized spacial score (nSPS) is 20.8. The molecule has 6 nitrogen and oxygen atoms in total. The summed E-state index contributed by atoms with van der Waals surface area (Å²) in [6.07, 6.45) is 2.08. The summed E-state index contributed by atoms with van der Waals surface area (Å²) in [6, 6.07) is 21.2. The molecule has 2 aliphatic rings. The van der Waals surface area contributed by atoms with Gasteiger partial charge in [0.2, 0.25) is 0 Å². The monoisotopic (exact) mass is 480 g/mol. The number of amides is 1. The van der Waals surface area contributed by atoms with Crippen molar-refractivity contribution in [2.24, 2.45) is 17.6 Å². The third-order valence-electron chi connectivity index (χ3n) is 6.51. The maximum atomic E-state index is 11.6. The predicted octanol–water partition coefficient (Wildman–Crippen LogP) is 4.50. The Morgan fingerprint density at radius 3 is 1.83 bits per heavy atom. The summed E-state index contributed by atoms with van der Waals surface area (Å²) in [5.41, 5.74) is 7.98. The molecule has 2 fully saturated rings. The van der Waals surface area contributed by atoms with E-state index in [0.717, 1.165) is 45.1 Å². The molecule has 192 valence electrons. The van der Waals surface area contributed by atoms with Gasteiger partial charge in [0.05, 0.1) is 0 Å². The summed E-state index contributed by atoms with van der Waals surface area (Å²) in [5.74, 6) is 1.24. The summed E-state index contributed by atoms with van der Waals surface area (Å²) in [7, 11) is 0. The SMILES string of the molecule is CC(C)(C)OC(=O)NCC1CCN(Cc2ccccc2)C1.NCC1CCN(Cc2ccccc2)C1. The van der Waals surface area contributed by atoms with Crippen LogP contribution in [0.4, 0.5) is 4.79 Å². The average molecular weight is 481 g/mol. The largest absolute Gasteiger partial charge is 0.444 e. The zero-order chi connectivity index (χ0) is 25.1. The zero-order valence-electron chi connectivity index (χ0n) is 21.8. The zero-order valence-corrected chi connectivity index (χ0v) is 21.8. The molecule has 0 saturated carbocycles. The second-order valence-corrected chi connectivity index (χ2v) is 10.9. The van der Waals surface area contributed by atoms with Gasteiger partial charge in [0.15, 0.2) is 0 Å². The van der Waals surface area contributed by atoms with E-state index >= 15 is 0 Å². The Balaban J connectivity index is 0.000000211. The third kappa shape index (κ3) is 10.4. The molecule has 0 bridgehead atoms. The maximum absolute atomic E-state index is 11.6. The number of hydrogen-bond acceptors (Lipinski definition) is 5. The van der Waals surface area contributed by atoms with Gasteiger partial charge in [-0.2, -0.15) is 0 Å². The summed E-state index contributed by atoms with van der Waals surface area (Å²) < 4.78 is 5.26. The molecule has 2 atom stereocenters. The van der Waals surface area contributed by atoms with Crippen LogP contribution < -0.4 is 11.1 Å². The van der Waals surface area contributed by atoms with E-state index in [0.29, 0.717) is 12.5 Å². The smallest absolute Gasteiger partial charge is 0.407 e. The fraction of sp³-hybridized carbons (Fsp3) is 0.552. The number of ether oxygens (including phenoxy) is 1. The van der Waals surface area contributed by atoms with Crippen molar-refractivity contribution in [2.45, 2.75) is 52.3 Å². The van der Waals surface area contributed by atoms with Crippen molar-refractivity contribution in [3.05, 3.63) is 71.8 Å². The van der Waals surface area contributed by atoms with Crippen LogP contribution in [0.5, 0.6) is 0 Å². The number of likely N-dealkylation sites (tertiary alicyclic amines) is 2. The van der Waals surface area contributed by atoms with Crippen LogP contribution in [0.1, 0.15) is 44.7 Å². The van der Waals surface area contributed by atoms with E-state index in [1.807, 2.05) is 26.8 Å². The van der Waals surface area contributed by atoms with Gasteiger partial charge in [-0.3, -0.25) is 9.80 Å². The number of benzene rings is 2. The second-order valence-electron chi connectivity index (χ2n) is 10.9. The van der Waals surface area contributed by atoms with Crippen molar-refractivity contribution in [1.82, 2.24) is 15.1 Å². The van der Waals surface area contributed by atoms with Crippen LogP contribution in [0.15, 0.2) is 60.7 Å². The van der Waals surface area contributed by atoms with Gasteiger partial charge >= 0.3 is 6.09 Å². The first kappa shape index (κ1) is 27.2. The molecule has 2 aromatic carbocycles. The van der Waals surface area contributed by atoms with Crippen LogP contribution in [-0.2, 0) is 17.8 Å². The van der Waals surface area contributed by atoms with Gasteiger partial charge in [0.25, 0.3) is 0 Å². The fourth-order valence-electron chi connectivity index (χ4n) is 4.70. The summed E-state index contributed by atoms with van der Waals surface area (Å²) in [4.78, 5) is 16.6. The van der Waals surface area contributed by atoms with E-state index in [1.165, 1.54) is 30.6 Å². The van der Waals surface area contributed by atoms with Crippen molar-refractivity contribution in [3.63, 3.8) is 0 Å². The Kier molecular flexibility index (Phi) is 10.6. The molecule has 0 aliphatic carbocycles. The minimum atomic E-state index is -0.431. The highest BCUT2D eigenvalue weighted by molar-refractivity contribution is 5.67. The lowest BCUT2D eigenvalue weighted by Crippen LogP contribution is -2.35. The maximum Gasteiger partial charge on any atom is 0.407 e. The molecule has 0 spiro atoms. The van der Waals surface area contributed by atoms with Crippen LogP contribution in [0.2, 0.25) is 0 Å². The molecule has 2 saturated heterocycles. The van der Waals surface area contributed by atoms with Gasteiger partial charge in [-0.05, 0) is 76.2 Å². The highest BCUT2D eigenvalue weighted by atomic mass is 16.6. The molecule has 3 N–H and O–H groups in total. The Morgan fingerprint density at radius 2 is 1.37 bits per heavy atom. The third-order valence-corrected chi connectivity index (χ3v) is 6.51. The van der Waals surface area contributed by atoms with E-state index in [-0.39, 0.29) is 6.09 Å². The van der Waals surface area contributed by atoms with Gasteiger partial charge in [-0.15, -0.1) is 0 Å². The summed E-state index contributed by atoms with van der Waals surface area (Å²) >= 11 is 0. The average Bonchev–Trinajstić information content (AvgIpc) is 3.48. The lowest BCUT2D eigenvalue weighted by Gasteiger charge is -2.21. The van der Waals surface area contributed by atoms with Crippen LogP contribution in [-0.4, -0.2) is 60.8 Å². The molecular formula is C29H44N4O2. The van der Waals surface area contributed by atoms with Crippen LogP contribution in [0.3, 0.4) is 0 Å². The van der Waals surface area contributed by atoms with E-state index < -0.39 is 5.60 Å². The number of rotatable bonds is 7. The summed E-state index contributed by atoms with van der Waals surface area (Å²) in [5, 5.41) is 2.88.